The standard InChI is InChI=1S/C70H120O6/c1-4-7-10-13-16-19-22-25-28-31-32-33-34-35-36-37-38-40-42-45-48-51-54-57-60-63-69(72)75-66-67(65-74-68(71)62-59-56-53-50-47-44-41-30-27-24-21-18-15-12-9-6-3)76-70(73)64-61-58-55-52-49-46-43-39-29-26-23-20-17-14-11-8-5-2/h8,11,17,20,22,25-26,29-32,34-35,41,43,46,67H,4-7,9-10,12-16,18-19,21,23-24,27-28,33,36-40,42,44-45,47-66H2,1-3H3/b11-8-,20-17-,25-22-,29-26-,32-31-,35-34-,41-30-,46-43-. The zero-order chi connectivity index (χ0) is 55.0. The van der Waals surface area contributed by atoms with Gasteiger partial charge in [-0.15, -0.1) is 0 Å². The van der Waals surface area contributed by atoms with Crippen LogP contribution in [0.2, 0.25) is 0 Å². The van der Waals surface area contributed by atoms with Gasteiger partial charge in [0.15, 0.2) is 6.10 Å². The summed E-state index contributed by atoms with van der Waals surface area (Å²) in [4.78, 5) is 38.3. The lowest BCUT2D eigenvalue weighted by molar-refractivity contribution is -0.167. The molecule has 0 aliphatic carbocycles. The second-order valence-electron chi connectivity index (χ2n) is 21.3. The Morgan fingerprint density at radius 3 is 0.816 bits per heavy atom. The van der Waals surface area contributed by atoms with Gasteiger partial charge in [0, 0.05) is 19.3 Å². The maximum absolute atomic E-state index is 12.9. The molecule has 0 spiro atoms. The summed E-state index contributed by atoms with van der Waals surface area (Å²) in [6.07, 6.45) is 85.5. The molecule has 6 nitrogen and oxygen atoms in total. The Bertz CT molecular complexity index is 1490. The normalized spacial score (nSPS) is 12.7. The summed E-state index contributed by atoms with van der Waals surface area (Å²) in [7, 11) is 0. The van der Waals surface area contributed by atoms with Crippen molar-refractivity contribution in [2.75, 3.05) is 13.2 Å². The van der Waals surface area contributed by atoms with Gasteiger partial charge in [0.05, 0.1) is 0 Å². The highest BCUT2D eigenvalue weighted by Gasteiger charge is 2.19. The van der Waals surface area contributed by atoms with Gasteiger partial charge in [0.25, 0.3) is 0 Å². The summed E-state index contributed by atoms with van der Waals surface area (Å²) in [6, 6.07) is 0. The summed E-state index contributed by atoms with van der Waals surface area (Å²) in [5, 5.41) is 0. The van der Waals surface area contributed by atoms with E-state index in [1.807, 2.05) is 0 Å². The topological polar surface area (TPSA) is 78.9 Å². The molecular weight excluding hydrogens is 937 g/mol. The summed E-state index contributed by atoms with van der Waals surface area (Å²) < 4.78 is 16.9. The monoisotopic (exact) mass is 1060 g/mol. The van der Waals surface area contributed by atoms with E-state index in [1.54, 1.807) is 0 Å². The van der Waals surface area contributed by atoms with Gasteiger partial charge in [-0.2, -0.15) is 0 Å². The third-order valence-corrected chi connectivity index (χ3v) is 13.8. The third-order valence-electron chi connectivity index (χ3n) is 13.8. The van der Waals surface area contributed by atoms with Crippen LogP contribution >= 0.6 is 0 Å². The van der Waals surface area contributed by atoms with Crippen LogP contribution in [0.3, 0.4) is 0 Å². The van der Waals surface area contributed by atoms with E-state index in [4.69, 9.17) is 14.2 Å². The third kappa shape index (κ3) is 61.2. The molecule has 0 amide bonds. The Labute approximate surface area is 470 Å². The maximum Gasteiger partial charge on any atom is 0.306 e. The van der Waals surface area contributed by atoms with Crippen molar-refractivity contribution in [1.29, 1.82) is 0 Å². The second kappa shape index (κ2) is 63.9. The Kier molecular flexibility index (Phi) is 60.8. The Balaban J connectivity index is 4.38. The van der Waals surface area contributed by atoms with Gasteiger partial charge in [0.2, 0.25) is 0 Å². The molecule has 0 N–H and O–H groups in total. The van der Waals surface area contributed by atoms with E-state index < -0.39 is 6.10 Å². The van der Waals surface area contributed by atoms with Crippen LogP contribution in [-0.4, -0.2) is 37.2 Å². The molecule has 6 heteroatoms. The molecule has 0 saturated heterocycles. The van der Waals surface area contributed by atoms with E-state index in [-0.39, 0.29) is 31.1 Å². The smallest absolute Gasteiger partial charge is 0.306 e. The molecular formula is C70H120O6. The number of allylic oxidation sites excluding steroid dienone is 16. The van der Waals surface area contributed by atoms with Crippen LogP contribution in [0.25, 0.3) is 0 Å². The molecule has 0 rings (SSSR count). The molecule has 0 aromatic carbocycles. The molecule has 0 aromatic rings. The van der Waals surface area contributed by atoms with Gasteiger partial charge in [-0.25, -0.2) is 0 Å². The first-order chi connectivity index (χ1) is 37.5. The van der Waals surface area contributed by atoms with E-state index >= 15 is 0 Å². The van der Waals surface area contributed by atoms with Crippen LogP contribution in [0.15, 0.2) is 97.2 Å². The van der Waals surface area contributed by atoms with Crippen molar-refractivity contribution < 1.29 is 28.6 Å². The molecule has 0 aliphatic heterocycles. The highest BCUT2D eigenvalue weighted by molar-refractivity contribution is 5.71. The minimum atomic E-state index is -0.798. The van der Waals surface area contributed by atoms with Crippen molar-refractivity contribution in [1.82, 2.24) is 0 Å². The maximum atomic E-state index is 12.9. The lowest BCUT2D eigenvalue weighted by atomic mass is 10.1. The molecule has 1 unspecified atom stereocenters. The Morgan fingerprint density at radius 2 is 0.513 bits per heavy atom. The first-order valence-electron chi connectivity index (χ1n) is 32.2. The molecule has 0 saturated carbocycles. The first kappa shape index (κ1) is 72.3. The largest absolute Gasteiger partial charge is 0.462 e. The number of ether oxygens (including phenoxy) is 3. The SMILES string of the molecule is CC/C=C\C/C=C\C/C=C\C/C=C\CCCCCCC(=O)OC(COC(=O)CCCCCCC/C=C\CCCCCCCCC)COC(=O)CCCCCCCCCCCC/C=C\C/C=C\C/C=C\CCCCCCC. The molecule has 0 aromatic heterocycles. The summed E-state index contributed by atoms with van der Waals surface area (Å²) in [5.74, 6) is -0.919. The van der Waals surface area contributed by atoms with Crippen LogP contribution in [-0.2, 0) is 28.6 Å². The Morgan fingerprint density at radius 1 is 0.276 bits per heavy atom. The van der Waals surface area contributed by atoms with E-state index in [0.29, 0.717) is 19.3 Å². The fourth-order valence-electron chi connectivity index (χ4n) is 8.97. The van der Waals surface area contributed by atoms with Crippen molar-refractivity contribution >= 4 is 17.9 Å². The van der Waals surface area contributed by atoms with Crippen molar-refractivity contribution in [3.8, 4) is 0 Å². The minimum absolute atomic E-state index is 0.0920. The average molecular weight is 1060 g/mol. The van der Waals surface area contributed by atoms with Crippen molar-refractivity contribution in [3.63, 3.8) is 0 Å². The molecule has 76 heavy (non-hydrogen) atoms. The summed E-state index contributed by atoms with van der Waals surface area (Å²) in [6.45, 7) is 6.51. The Hall–Kier alpha value is -3.67. The fraction of sp³-hybridized carbons (Fsp3) is 0.729. The van der Waals surface area contributed by atoms with E-state index in [2.05, 4.69) is 118 Å². The quantitative estimate of drug-likeness (QED) is 0.0261. The number of carbonyl (C=O) groups excluding carboxylic acids is 3. The molecule has 0 heterocycles. The zero-order valence-corrected chi connectivity index (χ0v) is 50.0. The van der Waals surface area contributed by atoms with Gasteiger partial charge >= 0.3 is 17.9 Å². The predicted octanol–water partition coefficient (Wildman–Crippen LogP) is 22.0. The molecule has 1 atom stereocenters. The van der Waals surface area contributed by atoms with Crippen LogP contribution < -0.4 is 0 Å². The van der Waals surface area contributed by atoms with Crippen LogP contribution in [0.4, 0.5) is 0 Å². The number of unbranched alkanes of at least 4 members (excludes halogenated alkanes) is 31. The van der Waals surface area contributed by atoms with Crippen molar-refractivity contribution in [2.45, 2.75) is 316 Å². The number of carbonyl (C=O) groups is 3. The van der Waals surface area contributed by atoms with Gasteiger partial charge in [-0.05, 0) is 122 Å². The minimum Gasteiger partial charge on any atom is -0.462 e. The van der Waals surface area contributed by atoms with E-state index in [0.717, 1.165) is 116 Å². The summed E-state index contributed by atoms with van der Waals surface area (Å²) >= 11 is 0. The first-order valence-corrected chi connectivity index (χ1v) is 32.2. The highest BCUT2D eigenvalue weighted by Crippen LogP contribution is 2.15. The van der Waals surface area contributed by atoms with Gasteiger partial charge in [-0.3, -0.25) is 14.4 Å². The lowest BCUT2D eigenvalue weighted by Gasteiger charge is -2.18. The van der Waals surface area contributed by atoms with Crippen molar-refractivity contribution in [3.05, 3.63) is 97.2 Å². The molecule has 0 aliphatic rings. The lowest BCUT2D eigenvalue weighted by Crippen LogP contribution is -2.30. The fourth-order valence-corrected chi connectivity index (χ4v) is 8.97. The predicted molar refractivity (Wildman–Crippen MR) is 330 cm³/mol. The molecule has 436 valence electrons. The van der Waals surface area contributed by atoms with Gasteiger partial charge in [-0.1, -0.05) is 266 Å². The number of hydrogen-bond acceptors (Lipinski definition) is 6. The number of hydrogen-bond donors (Lipinski definition) is 0. The van der Waals surface area contributed by atoms with Crippen LogP contribution in [0.5, 0.6) is 0 Å². The highest BCUT2D eigenvalue weighted by atomic mass is 16.6. The molecule has 0 bridgehead atoms. The van der Waals surface area contributed by atoms with Crippen molar-refractivity contribution in [2.24, 2.45) is 0 Å². The van der Waals surface area contributed by atoms with E-state index in [9.17, 15) is 14.4 Å². The second-order valence-corrected chi connectivity index (χ2v) is 21.3. The number of esters is 3. The average Bonchev–Trinajstić information content (AvgIpc) is 3.42. The summed E-state index contributed by atoms with van der Waals surface area (Å²) in [5.41, 5.74) is 0. The van der Waals surface area contributed by atoms with Crippen LogP contribution in [0.1, 0.15) is 310 Å². The van der Waals surface area contributed by atoms with Crippen LogP contribution in [0, 0.1) is 0 Å². The molecule has 0 radical (unpaired) electrons. The van der Waals surface area contributed by atoms with E-state index in [1.165, 1.54) is 154 Å². The van der Waals surface area contributed by atoms with Gasteiger partial charge in [0.1, 0.15) is 13.2 Å². The van der Waals surface area contributed by atoms with Gasteiger partial charge < -0.3 is 14.2 Å². The molecule has 0 fully saturated rings. The number of rotatable bonds is 58. The zero-order valence-electron chi connectivity index (χ0n) is 50.0.